The highest BCUT2D eigenvalue weighted by molar-refractivity contribution is 5.86. The van der Waals surface area contributed by atoms with E-state index < -0.39 is 0 Å². The van der Waals surface area contributed by atoms with Gasteiger partial charge in [-0.1, -0.05) is 13.8 Å². The number of nitrogens with two attached hydrogens (primary N) is 1. The molecule has 0 aliphatic heterocycles. The molecule has 72 valence electrons. The molecule has 0 atom stereocenters. The summed E-state index contributed by atoms with van der Waals surface area (Å²) in [7, 11) is 0. The Kier molecular flexibility index (Phi) is 2.04. The number of anilines is 1. The lowest BCUT2D eigenvalue weighted by atomic mass is 10.2. The summed E-state index contributed by atoms with van der Waals surface area (Å²) in [6.45, 7) is 4.10. The fraction of sp³-hybridized carbons (Fsp3) is 0.300. The minimum Gasteiger partial charge on any atom is -0.382 e. The fourth-order valence-corrected chi connectivity index (χ4v) is 1.27. The van der Waals surface area contributed by atoms with Gasteiger partial charge in [0.05, 0.1) is 0 Å². The van der Waals surface area contributed by atoms with Crippen LogP contribution in [0.3, 0.4) is 0 Å². The topological polar surface area (TPSA) is 64.7 Å². The quantitative estimate of drug-likeness (QED) is 0.740. The van der Waals surface area contributed by atoms with Crippen LogP contribution in [0.5, 0.6) is 0 Å². The average Bonchev–Trinajstić information content (AvgIpc) is 2.18. The first-order valence-corrected chi connectivity index (χ1v) is 4.55. The van der Waals surface area contributed by atoms with Gasteiger partial charge in [-0.15, -0.1) is 0 Å². The van der Waals surface area contributed by atoms with Gasteiger partial charge in [-0.25, -0.2) is 15.0 Å². The molecule has 2 aromatic heterocycles. The highest BCUT2D eigenvalue weighted by Crippen LogP contribution is 2.17. The second kappa shape index (κ2) is 3.21. The molecular formula is C10H12N4. The zero-order valence-electron chi connectivity index (χ0n) is 8.23. The lowest BCUT2D eigenvalue weighted by Crippen LogP contribution is -2.00. The Bertz CT molecular complexity index is 465. The van der Waals surface area contributed by atoms with Gasteiger partial charge in [0.1, 0.15) is 17.2 Å². The first-order valence-electron chi connectivity index (χ1n) is 4.55. The largest absolute Gasteiger partial charge is 0.382 e. The van der Waals surface area contributed by atoms with Crippen LogP contribution in [0.25, 0.3) is 10.9 Å². The van der Waals surface area contributed by atoms with Crippen molar-refractivity contribution in [2.45, 2.75) is 19.8 Å². The Labute approximate surface area is 82.2 Å². The number of aromatic nitrogens is 3. The number of nitrogen functional groups attached to an aromatic ring is 1. The number of pyridine rings is 1. The maximum absolute atomic E-state index is 5.72. The van der Waals surface area contributed by atoms with Crippen LogP contribution in [0.2, 0.25) is 0 Å². The summed E-state index contributed by atoms with van der Waals surface area (Å²) in [5, 5.41) is 0.932. The Morgan fingerprint density at radius 3 is 2.79 bits per heavy atom. The number of rotatable bonds is 1. The van der Waals surface area contributed by atoms with Gasteiger partial charge in [0.25, 0.3) is 0 Å². The maximum Gasteiger partial charge on any atom is 0.150 e. The van der Waals surface area contributed by atoms with Gasteiger partial charge >= 0.3 is 0 Å². The molecule has 0 aliphatic carbocycles. The first kappa shape index (κ1) is 8.87. The minimum absolute atomic E-state index is 0.305. The normalized spacial score (nSPS) is 11.1. The molecule has 2 N–H and O–H groups in total. The average molecular weight is 188 g/mol. The van der Waals surface area contributed by atoms with Crippen molar-refractivity contribution in [1.29, 1.82) is 0 Å². The lowest BCUT2D eigenvalue weighted by Gasteiger charge is -2.05. The molecule has 0 bridgehead atoms. The van der Waals surface area contributed by atoms with Gasteiger partial charge in [0.15, 0.2) is 0 Å². The standard InChI is InChI=1S/C10H12N4/c1-6(2)10-13-5-7-3-4-12-9(11)8(7)14-10/h3-6H,1-2H3,(H2,11,12). The van der Waals surface area contributed by atoms with Crippen LogP contribution >= 0.6 is 0 Å². The van der Waals surface area contributed by atoms with Crippen LogP contribution < -0.4 is 5.73 Å². The molecule has 0 unspecified atom stereocenters. The Morgan fingerprint density at radius 2 is 2.07 bits per heavy atom. The van der Waals surface area contributed by atoms with E-state index in [9.17, 15) is 0 Å². The SMILES string of the molecule is CC(C)c1ncc2ccnc(N)c2n1. The monoisotopic (exact) mass is 188 g/mol. The third-order valence-corrected chi connectivity index (χ3v) is 2.06. The maximum atomic E-state index is 5.72. The molecule has 2 rings (SSSR count). The predicted molar refractivity (Wildman–Crippen MR) is 55.8 cm³/mol. The van der Waals surface area contributed by atoms with E-state index in [0.29, 0.717) is 11.7 Å². The fourth-order valence-electron chi connectivity index (χ4n) is 1.27. The van der Waals surface area contributed by atoms with Crippen molar-refractivity contribution in [3.05, 3.63) is 24.3 Å². The summed E-state index contributed by atoms with van der Waals surface area (Å²) in [6, 6.07) is 1.86. The Balaban J connectivity index is 2.70. The van der Waals surface area contributed by atoms with Crippen molar-refractivity contribution < 1.29 is 0 Å². The van der Waals surface area contributed by atoms with Crippen molar-refractivity contribution in [3.8, 4) is 0 Å². The molecule has 0 spiro atoms. The number of hydrogen-bond donors (Lipinski definition) is 1. The van der Waals surface area contributed by atoms with Crippen molar-refractivity contribution in [3.63, 3.8) is 0 Å². The summed E-state index contributed by atoms with van der Waals surface area (Å²) in [5.74, 6) is 1.57. The highest BCUT2D eigenvalue weighted by atomic mass is 14.9. The Hall–Kier alpha value is -1.71. The molecule has 2 aromatic rings. The van der Waals surface area contributed by atoms with Crippen molar-refractivity contribution >= 4 is 16.7 Å². The third kappa shape index (κ3) is 1.39. The summed E-state index contributed by atoms with van der Waals surface area (Å²) >= 11 is 0. The third-order valence-electron chi connectivity index (χ3n) is 2.06. The predicted octanol–water partition coefficient (Wildman–Crippen LogP) is 1.73. The molecule has 0 amide bonds. The molecule has 14 heavy (non-hydrogen) atoms. The van der Waals surface area contributed by atoms with Crippen LogP contribution in [-0.4, -0.2) is 15.0 Å². The summed E-state index contributed by atoms with van der Waals surface area (Å²) in [5.41, 5.74) is 6.47. The molecule has 0 saturated heterocycles. The molecule has 0 aromatic carbocycles. The van der Waals surface area contributed by atoms with Crippen LogP contribution in [-0.2, 0) is 0 Å². The van der Waals surface area contributed by atoms with E-state index >= 15 is 0 Å². The van der Waals surface area contributed by atoms with Gasteiger partial charge < -0.3 is 5.73 Å². The number of hydrogen-bond acceptors (Lipinski definition) is 4. The van der Waals surface area contributed by atoms with E-state index in [1.54, 1.807) is 12.4 Å². The van der Waals surface area contributed by atoms with E-state index in [4.69, 9.17) is 5.73 Å². The zero-order valence-corrected chi connectivity index (χ0v) is 8.23. The van der Waals surface area contributed by atoms with Crippen molar-refractivity contribution in [2.75, 3.05) is 5.73 Å². The second-order valence-corrected chi connectivity index (χ2v) is 3.52. The van der Waals surface area contributed by atoms with Crippen molar-refractivity contribution in [2.24, 2.45) is 0 Å². The van der Waals surface area contributed by atoms with E-state index in [-0.39, 0.29) is 0 Å². The van der Waals surface area contributed by atoms with Crippen LogP contribution in [0.15, 0.2) is 18.5 Å². The molecule has 0 saturated carbocycles. The van der Waals surface area contributed by atoms with E-state index in [1.807, 2.05) is 19.9 Å². The molecule has 2 heterocycles. The van der Waals surface area contributed by atoms with Gasteiger partial charge in [0.2, 0.25) is 0 Å². The number of nitrogens with zero attached hydrogens (tertiary/aromatic N) is 3. The van der Waals surface area contributed by atoms with Crippen molar-refractivity contribution in [1.82, 2.24) is 15.0 Å². The number of fused-ring (bicyclic) bond motifs is 1. The highest BCUT2D eigenvalue weighted by Gasteiger charge is 2.06. The Morgan fingerprint density at radius 1 is 1.29 bits per heavy atom. The summed E-state index contributed by atoms with van der Waals surface area (Å²) < 4.78 is 0. The molecule has 0 radical (unpaired) electrons. The molecule has 4 heteroatoms. The van der Waals surface area contributed by atoms with Gasteiger partial charge in [-0.05, 0) is 6.07 Å². The summed E-state index contributed by atoms with van der Waals surface area (Å²) in [6.07, 6.45) is 3.45. The van der Waals surface area contributed by atoms with E-state index in [1.165, 1.54) is 0 Å². The van der Waals surface area contributed by atoms with Gasteiger partial charge in [0, 0.05) is 23.7 Å². The summed E-state index contributed by atoms with van der Waals surface area (Å²) in [4.78, 5) is 12.6. The smallest absolute Gasteiger partial charge is 0.150 e. The van der Waals surface area contributed by atoms with Crippen LogP contribution in [0.4, 0.5) is 5.82 Å². The van der Waals surface area contributed by atoms with E-state index in [0.717, 1.165) is 16.7 Å². The first-order chi connectivity index (χ1) is 6.68. The van der Waals surface area contributed by atoms with E-state index in [2.05, 4.69) is 15.0 Å². The van der Waals surface area contributed by atoms with Crippen LogP contribution in [0, 0.1) is 0 Å². The minimum atomic E-state index is 0.305. The van der Waals surface area contributed by atoms with Crippen LogP contribution in [0.1, 0.15) is 25.6 Å². The molecule has 0 fully saturated rings. The molecule has 0 aliphatic rings. The second-order valence-electron chi connectivity index (χ2n) is 3.52. The molecular weight excluding hydrogens is 176 g/mol. The molecule has 4 nitrogen and oxygen atoms in total. The zero-order chi connectivity index (χ0) is 10.1. The van der Waals surface area contributed by atoms with Gasteiger partial charge in [-0.2, -0.15) is 0 Å². The van der Waals surface area contributed by atoms with Gasteiger partial charge in [-0.3, -0.25) is 0 Å². The lowest BCUT2D eigenvalue weighted by molar-refractivity contribution is 0.783.